The predicted molar refractivity (Wildman–Crippen MR) is 134 cm³/mol. The molecule has 1 aliphatic heterocycles. The van der Waals surface area contributed by atoms with Crippen LogP contribution in [0.25, 0.3) is 0 Å². The summed E-state index contributed by atoms with van der Waals surface area (Å²) in [6.07, 6.45) is 3.51. The Balaban J connectivity index is 1.45. The van der Waals surface area contributed by atoms with Crippen molar-refractivity contribution in [2.45, 2.75) is 43.9 Å². The Morgan fingerprint density at radius 3 is 2.49 bits per heavy atom. The van der Waals surface area contributed by atoms with Crippen LogP contribution in [0.3, 0.4) is 0 Å². The van der Waals surface area contributed by atoms with Gasteiger partial charge in [-0.05, 0) is 60.9 Å². The number of aliphatic hydroxyl groups excluding tert-OH is 1. The molecule has 0 radical (unpaired) electrons. The first-order chi connectivity index (χ1) is 17.4. The van der Waals surface area contributed by atoms with E-state index in [0.717, 1.165) is 23.9 Å². The van der Waals surface area contributed by atoms with Gasteiger partial charge in [0.15, 0.2) is 11.4 Å². The third kappa shape index (κ3) is 4.02. The number of thioether (sulfide) groups is 1. The minimum Gasteiger partial charge on any atom is -0.502 e. The minimum absolute atomic E-state index is 0.0972. The van der Waals surface area contributed by atoms with Crippen molar-refractivity contribution >= 4 is 27.8 Å². The fourth-order valence-electron chi connectivity index (χ4n) is 6.17. The van der Waals surface area contributed by atoms with Gasteiger partial charge in [0.1, 0.15) is 22.3 Å². The Morgan fingerprint density at radius 2 is 1.86 bits per heavy atom. The van der Waals surface area contributed by atoms with E-state index < -0.39 is 34.4 Å². The first-order valence-electron chi connectivity index (χ1n) is 11.9. The summed E-state index contributed by atoms with van der Waals surface area (Å²) in [5.41, 5.74) is -1.82. The molecule has 2 atom stereocenters. The number of fused-ring (bicyclic) bond motifs is 2. The van der Waals surface area contributed by atoms with Crippen LogP contribution in [0.5, 0.6) is 5.75 Å². The molecule has 2 heterocycles. The molecule has 5 N–H and O–H groups in total. The maximum Gasteiger partial charge on any atom is 0.278 e. The number of amides is 1. The van der Waals surface area contributed by atoms with Gasteiger partial charge in [0.05, 0.1) is 18.1 Å². The summed E-state index contributed by atoms with van der Waals surface area (Å²) in [4.78, 5) is 27.9. The second-order valence-corrected chi connectivity index (χ2v) is 11.3. The van der Waals surface area contributed by atoms with E-state index in [4.69, 9.17) is 10.8 Å². The molecule has 1 amide bonds. The number of aromatic hydroxyl groups is 1. The lowest BCUT2D eigenvalue weighted by atomic mass is 9.98. The van der Waals surface area contributed by atoms with Crippen LogP contribution in [0.4, 0.5) is 8.78 Å². The van der Waals surface area contributed by atoms with Crippen LogP contribution < -0.4 is 15.8 Å². The van der Waals surface area contributed by atoms with Gasteiger partial charge < -0.3 is 15.1 Å². The summed E-state index contributed by atoms with van der Waals surface area (Å²) in [5.74, 6) is -2.27. The third-order valence-electron chi connectivity index (χ3n) is 8.07. The lowest BCUT2D eigenvalue weighted by Crippen LogP contribution is -2.67. The number of hydrogen-bond acceptors (Lipinski definition) is 7. The Hall–Kier alpha value is -3.25. The Morgan fingerprint density at radius 1 is 1.22 bits per heavy atom. The number of carbonyl (C=O) groups is 1. The van der Waals surface area contributed by atoms with Crippen LogP contribution in [0.2, 0.25) is 0 Å². The Bertz CT molecular complexity index is 1380. The van der Waals surface area contributed by atoms with Gasteiger partial charge in [-0.3, -0.25) is 30.1 Å². The molecule has 37 heavy (non-hydrogen) atoms. The zero-order chi connectivity index (χ0) is 26.8. The van der Waals surface area contributed by atoms with Crippen molar-refractivity contribution < 1.29 is 29.2 Å². The number of benzene rings is 1. The average Bonchev–Trinajstić information content (AvgIpc) is 3.35. The summed E-state index contributed by atoms with van der Waals surface area (Å²) in [6.45, 7) is 0. The van der Waals surface area contributed by atoms with E-state index in [9.17, 15) is 28.6 Å². The summed E-state index contributed by atoms with van der Waals surface area (Å²) >= 11 is 0.725. The normalized spacial score (nSPS) is 26.5. The first kappa shape index (κ1) is 25.4. The second-order valence-electron chi connectivity index (χ2n) is 10.1. The lowest BCUT2D eigenvalue weighted by molar-refractivity contribution is -0.110. The molecule has 5 rings (SSSR count). The third-order valence-corrected chi connectivity index (χ3v) is 8.90. The molecule has 2 saturated carbocycles. The van der Waals surface area contributed by atoms with Crippen LogP contribution in [0.1, 0.15) is 47.3 Å². The van der Waals surface area contributed by atoms with Crippen molar-refractivity contribution in [1.82, 2.24) is 9.58 Å². The molecule has 3 aliphatic rings. The number of carbonyl (C=O) groups excluding carboxylic acids is 1. The van der Waals surface area contributed by atoms with Gasteiger partial charge in [-0.15, -0.1) is 0 Å². The fourth-order valence-corrected chi connectivity index (χ4v) is 6.91. The maximum absolute atomic E-state index is 14.0. The maximum atomic E-state index is 14.0. The van der Waals surface area contributed by atoms with E-state index in [1.54, 1.807) is 19.0 Å². The molecule has 2 unspecified atom stereocenters. The number of nitrogens with one attached hydrogen (secondary N) is 1. The molecule has 1 spiro atoms. The summed E-state index contributed by atoms with van der Waals surface area (Å²) < 4.78 is 28.6. The number of aromatic nitrogens is 1. The molecule has 1 aromatic heterocycles. The number of hydrogen-bond donors (Lipinski definition) is 4. The largest absolute Gasteiger partial charge is 0.502 e. The molecule has 0 saturated heterocycles. The van der Waals surface area contributed by atoms with E-state index in [2.05, 4.69) is 0 Å². The number of halogens is 2. The first-order valence-corrected chi connectivity index (χ1v) is 12.8. The molecule has 12 heteroatoms. The topological polar surface area (TPSA) is 135 Å². The highest BCUT2D eigenvalue weighted by atomic mass is 32.2. The van der Waals surface area contributed by atoms with Gasteiger partial charge in [-0.2, -0.15) is 0 Å². The Labute approximate surface area is 215 Å². The highest BCUT2D eigenvalue weighted by molar-refractivity contribution is 8.26. The smallest absolute Gasteiger partial charge is 0.278 e. The van der Waals surface area contributed by atoms with Crippen LogP contribution in [0.15, 0.2) is 29.2 Å². The van der Waals surface area contributed by atoms with E-state index in [0.29, 0.717) is 25.7 Å². The SMILES string of the molecule is CN1C(=O)c2c(O)c(=O)c(C(=N)SC(=[NH2+])Cc3ccc(F)cc3F)cn2N(C)C12CC1CC(O)CC1C2. The standard InChI is InChI=1S/C25H27F2N5O4S/c1-30-24(36)20-22(35)21(34)17(23(29)37-19(28)7-12-3-4-15(26)8-18(12)27)11-32(20)31(2)25(30)9-13-5-16(33)6-14(13)10-25/h3-4,8,11,13-14,16,28-29,33,35H,5-7,9-10H2,1-2H3/p+1. The fraction of sp³-hybridized carbons (Fsp3) is 0.440. The number of aliphatic hydroxyl groups is 1. The molecule has 2 aliphatic carbocycles. The van der Waals surface area contributed by atoms with Crippen LogP contribution in [-0.4, -0.2) is 61.6 Å². The van der Waals surface area contributed by atoms with Crippen molar-refractivity contribution in [2.24, 2.45) is 11.8 Å². The molecular formula is C25H28F2N5O4S+. The van der Waals surface area contributed by atoms with E-state index in [1.807, 2.05) is 5.01 Å². The highest BCUT2D eigenvalue weighted by Gasteiger charge is 2.57. The van der Waals surface area contributed by atoms with Crippen LogP contribution in [0, 0.1) is 28.9 Å². The molecule has 2 fully saturated rings. The van der Waals surface area contributed by atoms with Gasteiger partial charge in [0, 0.05) is 26.4 Å². The minimum atomic E-state index is -0.887. The quantitative estimate of drug-likeness (QED) is 0.342. The number of pyridine rings is 1. The Kier molecular flexibility index (Phi) is 6.14. The van der Waals surface area contributed by atoms with Gasteiger partial charge in [0.25, 0.3) is 5.91 Å². The van der Waals surface area contributed by atoms with Crippen molar-refractivity contribution in [1.29, 1.82) is 5.41 Å². The van der Waals surface area contributed by atoms with Crippen LogP contribution >= 0.6 is 11.8 Å². The van der Waals surface area contributed by atoms with Gasteiger partial charge in [-0.1, -0.05) is 6.07 Å². The molecule has 0 bridgehead atoms. The number of rotatable bonds is 3. The number of nitrogens with two attached hydrogens (primary N) is 1. The summed E-state index contributed by atoms with van der Waals surface area (Å²) in [7, 11) is 3.42. The summed E-state index contributed by atoms with van der Waals surface area (Å²) in [6, 6.07) is 3.10. The van der Waals surface area contributed by atoms with Gasteiger partial charge >= 0.3 is 0 Å². The molecule has 196 valence electrons. The zero-order valence-electron chi connectivity index (χ0n) is 20.4. The monoisotopic (exact) mass is 532 g/mol. The van der Waals surface area contributed by atoms with Crippen molar-refractivity contribution in [2.75, 3.05) is 19.1 Å². The average molecular weight is 533 g/mol. The van der Waals surface area contributed by atoms with Crippen molar-refractivity contribution in [3.63, 3.8) is 0 Å². The molecular weight excluding hydrogens is 504 g/mol. The zero-order valence-corrected chi connectivity index (χ0v) is 21.2. The number of nitrogens with zero attached hydrogens (tertiary/aromatic N) is 3. The predicted octanol–water partition coefficient (Wildman–Crippen LogP) is 0.822. The highest BCUT2D eigenvalue weighted by Crippen LogP contribution is 2.52. The van der Waals surface area contributed by atoms with E-state index in [1.165, 1.54) is 16.9 Å². The van der Waals surface area contributed by atoms with Crippen molar-refractivity contribution in [3.05, 3.63) is 63.1 Å². The van der Waals surface area contributed by atoms with E-state index >= 15 is 0 Å². The second kappa shape index (κ2) is 8.95. The summed E-state index contributed by atoms with van der Waals surface area (Å²) in [5, 5.41) is 37.0. The molecule has 1 aromatic carbocycles. The molecule has 2 aromatic rings. The molecule has 9 nitrogen and oxygen atoms in total. The van der Waals surface area contributed by atoms with Crippen LogP contribution in [-0.2, 0) is 6.42 Å². The van der Waals surface area contributed by atoms with Gasteiger partial charge in [0.2, 0.25) is 10.5 Å². The van der Waals surface area contributed by atoms with Gasteiger partial charge in [-0.25, -0.2) is 8.78 Å². The van der Waals surface area contributed by atoms with Crippen molar-refractivity contribution in [3.8, 4) is 5.75 Å². The van der Waals surface area contributed by atoms with E-state index in [-0.39, 0.29) is 51.3 Å². The lowest BCUT2D eigenvalue weighted by Gasteiger charge is -2.52.